The summed E-state index contributed by atoms with van der Waals surface area (Å²) < 4.78 is 0. The maximum Gasteiger partial charge on any atom is 0.234 e. The Balaban J connectivity index is 3.73. The van der Waals surface area contributed by atoms with Gasteiger partial charge in [-0.15, -0.1) is 0 Å². The third-order valence-corrected chi connectivity index (χ3v) is 1.95. The normalized spacial score (nSPS) is 13.0. The SMILES string of the molecule is CCCC(CC)NC(=O)CN(C)C. The molecule has 3 heteroatoms. The molecule has 1 N–H and O–H groups in total. The molecule has 0 saturated carbocycles. The summed E-state index contributed by atoms with van der Waals surface area (Å²) in [6.07, 6.45) is 3.23. The average molecular weight is 186 g/mol. The number of nitrogens with zero attached hydrogens (tertiary/aromatic N) is 1. The quantitative estimate of drug-likeness (QED) is 0.677. The lowest BCUT2D eigenvalue weighted by atomic mass is 10.1. The number of rotatable bonds is 6. The van der Waals surface area contributed by atoms with Gasteiger partial charge in [0, 0.05) is 6.04 Å². The average Bonchev–Trinajstić information content (AvgIpc) is 2.02. The number of hydrogen-bond acceptors (Lipinski definition) is 2. The third kappa shape index (κ3) is 6.58. The second-order valence-corrected chi connectivity index (χ2v) is 3.70. The summed E-state index contributed by atoms with van der Waals surface area (Å²) in [6.45, 7) is 4.73. The fourth-order valence-electron chi connectivity index (χ4n) is 1.29. The zero-order valence-electron chi connectivity index (χ0n) is 9.26. The molecule has 0 aromatic carbocycles. The first-order valence-electron chi connectivity index (χ1n) is 5.04. The van der Waals surface area contributed by atoms with Gasteiger partial charge in [-0.05, 0) is 26.9 Å². The van der Waals surface area contributed by atoms with Gasteiger partial charge in [0.2, 0.25) is 5.91 Å². The Morgan fingerprint density at radius 1 is 1.38 bits per heavy atom. The van der Waals surface area contributed by atoms with Gasteiger partial charge in [0.05, 0.1) is 6.54 Å². The van der Waals surface area contributed by atoms with Crippen molar-refractivity contribution in [1.29, 1.82) is 0 Å². The number of amides is 1. The molecule has 0 radical (unpaired) electrons. The molecule has 0 aromatic heterocycles. The van der Waals surface area contributed by atoms with E-state index in [0.717, 1.165) is 19.3 Å². The lowest BCUT2D eigenvalue weighted by Crippen LogP contribution is -2.39. The largest absolute Gasteiger partial charge is 0.352 e. The summed E-state index contributed by atoms with van der Waals surface area (Å²) >= 11 is 0. The lowest BCUT2D eigenvalue weighted by Gasteiger charge is -2.17. The molecule has 13 heavy (non-hydrogen) atoms. The Kier molecular flexibility index (Phi) is 6.59. The minimum Gasteiger partial charge on any atom is -0.352 e. The molecule has 1 unspecified atom stereocenters. The number of hydrogen-bond donors (Lipinski definition) is 1. The maximum atomic E-state index is 11.3. The Labute approximate surface area is 81.5 Å². The van der Waals surface area contributed by atoms with Gasteiger partial charge >= 0.3 is 0 Å². The number of carbonyl (C=O) groups excluding carboxylic acids is 1. The van der Waals surface area contributed by atoms with Crippen molar-refractivity contribution in [2.75, 3.05) is 20.6 Å². The van der Waals surface area contributed by atoms with Gasteiger partial charge in [0.15, 0.2) is 0 Å². The predicted octanol–water partition coefficient (Wildman–Crippen LogP) is 1.24. The van der Waals surface area contributed by atoms with E-state index in [1.807, 2.05) is 19.0 Å². The van der Waals surface area contributed by atoms with Crippen LogP contribution in [0.4, 0.5) is 0 Å². The number of nitrogens with one attached hydrogen (secondary N) is 1. The fraction of sp³-hybridized carbons (Fsp3) is 0.900. The molecule has 78 valence electrons. The van der Waals surface area contributed by atoms with Crippen molar-refractivity contribution in [2.24, 2.45) is 0 Å². The minimum atomic E-state index is 0.130. The molecular weight excluding hydrogens is 164 g/mol. The van der Waals surface area contributed by atoms with Gasteiger partial charge in [0.1, 0.15) is 0 Å². The number of carbonyl (C=O) groups is 1. The monoisotopic (exact) mass is 186 g/mol. The van der Waals surface area contributed by atoms with E-state index in [4.69, 9.17) is 0 Å². The first kappa shape index (κ1) is 12.4. The topological polar surface area (TPSA) is 32.3 Å². The van der Waals surface area contributed by atoms with Crippen molar-refractivity contribution in [3.05, 3.63) is 0 Å². The van der Waals surface area contributed by atoms with Gasteiger partial charge in [-0.1, -0.05) is 20.3 Å². The van der Waals surface area contributed by atoms with E-state index in [0.29, 0.717) is 12.6 Å². The van der Waals surface area contributed by atoms with Crippen LogP contribution in [0, 0.1) is 0 Å². The van der Waals surface area contributed by atoms with Crippen LogP contribution in [0.3, 0.4) is 0 Å². The first-order valence-corrected chi connectivity index (χ1v) is 5.04. The van der Waals surface area contributed by atoms with Crippen LogP contribution in [0.15, 0.2) is 0 Å². The standard InChI is InChI=1S/C10H22N2O/c1-5-7-9(6-2)11-10(13)8-12(3)4/h9H,5-8H2,1-4H3,(H,11,13). The summed E-state index contributed by atoms with van der Waals surface area (Å²) in [7, 11) is 3.81. The van der Waals surface area contributed by atoms with Crippen LogP contribution in [-0.4, -0.2) is 37.5 Å². The molecule has 0 fully saturated rings. The Morgan fingerprint density at radius 3 is 2.38 bits per heavy atom. The second kappa shape index (κ2) is 6.89. The van der Waals surface area contributed by atoms with Gasteiger partial charge < -0.3 is 10.2 Å². The van der Waals surface area contributed by atoms with E-state index in [1.54, 1.807) is 0 Å². The molecule has 0 aliphatic heterocycles. The van der Waals surface area contributed by atoms with Crippen LogP contribution in [0.25, 0.3) is 0 Å². The highest BCUT2D eigenvalue weighted by molar-refractivity contribution is 5.78. The highest BCUT2D eigenvalue weighted by atomic mass is 16.2. The Bertz CT molecular complexity index is 146. The Hall–Kier alpha value is -0.570. The summed E-state index contributed by atoms with van der Waals surface area (Å²) in [6, 6.07) is 0.359. The third-order valence-electron chi connectivity index (χ3n) is 1.95. The lowest BCUT2D eigenvalue weighted by molar-refractivity contribution is -0.122. The van der Waals surface area contributed by atoms with Crippen LogP contribution in [0.5, 0.6) is 0 Å². The summed E-state index contributed by atoms with van der Waals surface area (Å²) in [5.74, 6) is 0.130. The molecule has 0 saturated heterocycles. The second-order valence-electron chi connectivity index (χ2n) is 3.70. The zero-order chi connectivity index (χ0) is 10.3. The van der Waals surface area contributed by atoms with Crippen LogP contribution in [0.1, 0.15) is 33.1 Å². The van der Waals surface area contributed by atoms with E-state index >= 15 is 0 Å². The summed E-state index contributed by atoms with van der Waals surface area (Å²) in [5, 5.41) is 3.02. The highest BCUT2D eigenvalue weighted by Gasteiger charge is 2.09. The molecular formula is C10H22N2O. The van der Waals surface area contributed by atoms with E-state index in [9.17, 15) is 4.79 Å². The molecule has 0 heterocycles. The molecule has 0 aliphatic carbocycles. The van der Waals surface area contributed by atoms with Gasteiger partial charge in [0.25, 0.3) is 0 Å². The van der Waals surface area contributed by atoms with Crippen LogP contribution in [0.2, 0.25) is 0 Å². The van der Waals surface area contributed by atoms with Crippen molar-refractivity contribution >= 4 is 5.91 Å². The summed E-state index contributed by atoms with van der Waals surface area (Å²) in [5.41, 5.74) is 0. The predicted molar refractivity (Wildman–Crippen MR) is 55.7 cm³/mol. The maximum absolute atomic E-state index is 11.3. The van der Waals surface area contributed by atoms with E-state index < -0.39 is 0 Å². The molecule has 3 nitrogen and oxygen atoms in total. The zero-order valence-corrected chi connectivity index (χ0v) is 9.26. The molecule has 0 spiro atoms. The first-order chi connectivity index (χ1) is 6.10. The molecule has 0 aromatic rings. The summed E-state index contributed by atoms with van der Waals surface area (Å²) in [4.78, 5) is 13.2. The van der Waals surface area contributed by atoms with Crippen molar-refractivity contribution in [3.8, 4) is 0 Å². The molecule has 0 aliphatic rings. The van der Waals surface area contributed by atoms with Crippen molar-refractivity contribution in [1.82, 2.24) is 10.2 Å². The highest BCUT2D eigenvalue weighted by Crippen LogP contribution is 2.00. The van der Waals surface area contributed by atoms with E-state index in [-0.39, 0.29) is 5.91 Å². The number of likely N-dealkylation sites (N-methyl/N-ethyl adjacent to an activating group) is 1. The molecule has 1 atom stereocenters. The molecule has 0 rings (SSSR count). The van der Waals surface area contributed by atoms with Crippen molar-refractivity contribution in [2.45, 2.75) is 39.2 Å². The van der Waals surface area contributed by atoms with E-state index in [2.05, 4.69) is 19.2 Å². The minimum absolute atomic E-state index is 0.130. The van der Waals surface area contributed by atoms with Crippen LogP contribution in [-0.2, 0) is 4.79 Å². The molecule has 1 amide bonds. The van der Waals surface area contributed by atoms with Crippen LogP contribution >= 0.6 is 0 Å². The van der Waals surface area contributed by atoms with Crippen LogP contribution < -0.4 is 5.32 Å². The van der Waals surface area contributed by atoms with Gasteiger partial charge in [-0.25, -0.2) is 0 Å². The van der Waals surface area contributed by atoms with Gasteiger partial charge in [-0.3, -0.25) is 4.79 Å². The van der Waals surface area contributed by atoms with Crippen molar-refractivity contribution < 1.29 is 4.79 Å². The molecule has 0 bridgehead atoms. The van der Waals surface area contributed by atoms with Gasteiger partial charge in [-0.2, -0.15) is 0 Å². The fourth-order valence-corrected chi connectivity index (χ4v) is 1.29. The van der Waals surface area contributed by atoms with Crippen molar-refractivity contribution in [3.63, 3.8) is 0 Å². The Morgan fingerprint density at radius 2 is 2.00 bits per heavy atom. The van der Waals surface area contributed by atoms with E-state index in [1.165, 1.54) is 0 Å². The smallest absolute Gasteiger partial charge is 0.234 e.